The predicted octanol–water partition coefficient (Wildman–Crippen LogP) is 4.18. The summed E-state index contributed by atoms with van der Waals surface area (Å²) in [5, 5.41) is 6.23. The highest BCUT2D eigenvalue weighted by molar-refractivity contribution is 6.30. The van der Waals surface area contributed by atoms with Crippen molar-refractivity contribution >= 4 is 51.8 Å². The molecule has 11 heteroatoms. The Balaban J connectivity index is 1.20. The van der Waals surface area contributed by atoms with Crippen LogP contribution in [0.4, 0.5) is 14.9 Å². The zero-order chi connectivity index (χ0) is 29.5. The third-order valence-electron chi connectivity index (χ3n) is 8.20. The lowest BCUT2D eigenvalue weighted by molar-refractivity contribution is -0.140. The molecule has 3 aromatic rings. The van der Waals surface area contributed by atoms with Gasteiger partial charge in [0.15, 0.2) is 5.78 Å². The molecule has 1 aromatic heterocycles. The van der Waals surface area contributed by atoms with Crippen LogP contribution in [0.2, 0.25) is 5.02 Å². The van der Waals surface area contributed by atoms with Gasteiger partial charge in [0.1, 0.15) is 24.4 Å². The van der Waals surface area contributed by atoms with E-state index < -0.39 is 17.8 Å². The molecule has 3 heterocycles. The number of carbonyl (C=O) groups is 4. The van der Waals surface area contributed by atoms with Crippen LogP contribution in [0.5, 0.6) is 0 Å². The van der Waals surface area contributed by atoms with Crippen molar-refractivity contribution < 1.29 is 23.6 Å². The topological polar surface area (TPSA) is 104 Å². The molecule has 2 aromatic carbocycles. The van der Waals surface area contributed by atoms with Crippen LogP contribution in [-0.4, -0.2) is 63.2 Å². The van der Waals surface area contributed by atoms with E-state index in [1.165, 1.54) is 17.9 Å². The summed E-state index contributed by atoms with van der Waals surface area (Å²) in [6, 6.07) is 8.50. The van der Waals surface area contributed by atoms with E-state index in [1.807, 2.05) is 0 Å². The number of likely N-dealkylation sites (tertiary alicyclic amines) is 2. The van der Waals surface area contributed by atoms with Crippen molar-refractivity contribution in [2.45, 2.75) is 51.4 Å². The van der Waals surface area contributed by atoms with Gasteiger partial charge in [-0.3, -0.25) is 14.4 Å². The largest absolute Gasteiger partial charge is 0.350 e. The van der Waals surface area contributed by atoms with Crippen LogP contribution in [0.15, 0.2) is 42.6 Å². The number of amides is 4. The Kier molecular flexibility index (Phi) is 7.37. The first-order valence-corrected chi connectivity index (χ1v) is 14.3. The van der Waals surface area contributed by atoms with Crippen LogP contribution in [0.25, 0.3) is 10.9 Å². The van der Waals surface area contributed by atoms with Crippen molar-refractivity contribution in [3.8, 4) is 11.8 Å². The number of hydrogen-bond acceptors (Lipinski definition) is 4. The molecule has 4 amide bonds. The molecule has 42 heavy (non-hydrogen) atoms. The smallest absolute Gasteiger partial charge is 0.321 e. The lowest BCUT2D eigenvalue weighted by atomic mass is 9.92. The molecule has 0 saturated carbocycles. The number of halogens is 2. The number of aromatic nitrogens is 1. The highest BCUT2D eigenvalue weighted by atomic mass is 35.5. The number of ketones is 1. The molecule has 1 aliphatic carbocycles. The van der Waals surface area contributed by atoms with E-state index >= 15 is 0 Å². The predicted molar refractivity (Wildman–Crippen MR) is 155 cm³/mol. The highest BCUT2D eigenvalue weighted by Crippen LogP contribution is 2.35. The molecule has 2 N–H and O–H groups in total. The molecule has 0 radical (unpaired) electrons. The first kappa shape index (κ1) is 27.8. The summed E-state index contributed by atoms with van der Waals surface area (Å²) >= 11 is 5.86. The van der Waals surface area contributed by atoms with Gasteiger partial charge >= 0.3 is 6.03 Å². The van der Waals surface area contributed by atoms with Crippen molar-refractivity contribution in [2.24, 2.45) is 5.92 Å². The second-order valence-corrected chi connectivity index (χ2v) is 11.3. The second kappa shape index (κ2) is 11.1. The fraction of sp³-hybridized carbons (Fsp3) is 0.355. The minimum absolute atomic E-state index is 0.0316. The molecule has 3 aliphatic rings. The van der Waals surface area contributed by atoms with E-state index in [-0.39, 0.29) is 53.4 Å². The fourth-order valence-electron chi connectivity index (χ4n) is 5.96. The van der Waals surface area contributed by atoms with Gasteiger partial charge in [-0.15, -0.1) is 0 Å². The van der Waals surface area contributed by atoms with Crippen LogP contribution in [0, 0.1) is 23.6 Å². The quantitative estimate of drug-likeness (QED) is 0.319. The van der Waals surface area contributed by atoms with E-state index in [4.69, 9.17) is 11.6 Å². The number of carbonyl (C=O) groups excluding carboxylic acids is 4. The molecular weight excluding hydrogens is 561 g/mol. The molecule has 2 fully saturated rings. The monoisotopic (exact) mass is 589 g/mol. The first-order chi connectivity index (χ1) is 20.2. The van der Waals surface area contributed by atoms with Gasteiger partial charge in [-0.05, 0) is 50.5 Å². The van der Waals surface area contributed by atoms with Gasteiger partial charge in [-0.2, -0.15) is 0 Å². The Bertz CT molecular complexity index is 1690. The summed E-state index contributed by atoms with van der Waals surface area (Å²) < 4.78 is 16.0. The highest BCUT2D eigenvalue weighted by Gasteiger charge is 2.48. The third-order valence-corrected chi connectivity index (χ3v) is 8.49. The molecule has 2 saturated heterocycles. The minimum atomic E-state index is -0.779. The van der Waals surface area contributed by atoms with Gasteiger partial charge < -0.3 is 25.0 Å². The van der Waals surface area contributed by atoms with Gasteiger partial charge in [-0.1, -0.05) is 35.6 Å². The van der Waals surface area contributed by atoms with Crippen LogP contribution >= 0.6 is 11.6 Å². The maximum absolute atomic E-state index is 14.3. The zero-order valence-electron chi connectivity index (χ0n) is 23.0. The number of nitrogens with zero attached hydrogens (tertiary/aromatic N) is 3. The fourth-order valence-corrected chi connectivity index (χ4v) is 6.15. The molecule has 216 valence electrons. The summed E-state index contributed by atoms with van der Waals surface area (Å²) in [6.45, 7) is 2.70. The average molecular weight is 590 g/mol. The van der Waals surface area contributed by atoms with Crippen molar-refractivity contribution in [1.29, 1.82) is 0 Å². The zero-order valence-corrected chi connectivity index (χ0v) is 23.7. The van der Waals surface area contributed by atoms with Crippen molar-refractivity contribution in [2.75, 3.05) is 18.4 Å². The Hall–Kier alpha value is -4.36. The number of Topliss-reactive ketones (excluding diaryl/α,β-unsaturated/α-hetero) is 1. The van der Waals surface area contributed by atoms with Crippen LogP contribution < -0.4 is 10.6 Å². The molecule has 9 nitrogen and oxygen atoms in total. The molecule has 0 spiro atoms. The van der Waals surface area contributed by atoms with E-state index in [2.05, 4.69) is 22.5 Å². The van der Waals surface area contributed by atoms with Gasteiger partial charge in [0.25, 0.3) is 0 Å². The van der Waals surface area contributed by atoms with Crippen LogP contribution in [-0.2, 0) is 22.7 Å². The maximum atomic E-state index is 14.3. The first-order valence-electron chi connectivity index (χ1n) is 13.9. The van der Waals surface area contributed by atoms with Gasteiger partial charge in [0.2, 0.25) is 11.8 Å². The summed E-state index contributed by atoms with van der Waals surface area (Å²) in [6.07, 6.45) is 3.97. The lowest BCUT2D eigenvalue weighted by Gasteiger charge is -2.29. The standard InChI is InChI=1S/C31H29ClFN5O4/c1-18(39)23-16-37(26-10-8-21(14-22(23)26)35-31(42)36-11-2-3-12-36)17-28(40)38-25-9-7-19(25)13-27(38)30(41)34-15-20-5-4-6-24(32)29(20)33/h4-6,8,10,14,16,19,25,27H,2-3,11-13,15,17H2,1H3,(H,34,41)(H,35,42). The normalized spacial score (nSPS) is 20.5. The number of hydrogen-bond donors (Lipinski definition) is 2. The summed E-state index contributed by atoms with van der Waals surface area (Å²) in [4.78, 5) is 55.3. The van der Waals surface area contributed by atoms with Gasteiger partial charge in [0, 0.05) is 53.5 Å². The Labute approximate surface area is 247 Å². The number of nitrogens with one attached hydrogen (secondary N) is 2. The van der Waals surface area contributed by atoms with E-state index in [0.29, 0.717) is 41.7 Å². The number of anilines is 1. The number of urea groups is 1. The van der Waals surface area contributed by atoms with Crippen LogP contribution in [0.1, 0.15) is 42.1 Å². The van der Waals surface area contributed by atoms with E-state index in [0.717, 1.165) is 12.8 Å². The number of benzene rings is 2. The van der Waals surface area contributed by atoms with Crippen molar-refractivity contribution in [3.05, 3.63) is 64.6 Å². The Morgan fingerprint density at radius 1 is 1.10 bits per heavy atom. The summed E-state index contributed by atoms with van der Waals surface area (Å²) in [5.74, 6) is 4.43. The molecular formula is C31H29ClFN5O4. The Morgan fingerprint density at radius 3 is 2.60 bits per heavy atom. The number of rotatable bonds is 7. The maximum Gasteiger partial charge on any atom is 0.321 e. The molecule has 0 bridgehead atoms. The van der Waals surface area contributed by atoms with E-state index in [9.17, 15) is 23.6 Å². The molecule has 3 unspecified atom stereocenters. The van der Waals surface area contributed by atoms with Crippen molar-refractivity contribution in [3.63, 3.8) is 0 Å². The van der Waals surface area contributed by atoms with E-state index in [1.54, 1.807) is 46.0 Å². The minimum Gasteiger partial charge on any atom is -0.350 e. The van der Waals surface area contributed by atoms with Gasteiger partial charge in [-0.25, -0.2) is 9.18 Å². The summed E-state index contributed by atoms with van der Waals surface area (Å²) in [7, 11) is 0. The van der Waals surface area contributed by atoms with Crippen molar-refractivity contribution in [1.82, 2.24) is 19.7 Å². The molecule has 2 aliphatic heterocycles. The lowest BCUT2D eigenvalue weighted by Crippen LogP contribution is -2.50. The average Bonchev–Trinajstić information content (AvgIpc) is 3.67. The van der Waals surface area contributed by atoms with Crippen LogP contribution in [0.3, 0.4) is 0 Å². The molecule has 6 rings (SSSR count). The second-order valence-electron chi connectivity index (χ2n) is 10.9. The van der Waals surface area contributed by atoms with Gasteiger partial charge in [0.05, 0.1) is 10.9 Å². The SMILES string of the molecule is CC(=O)c1cn(CC(=O)N2C(C(=O)NCc3cccc(Cl)c3F)CC3C#CC32)c2ccc(NC(=O)N3CCCC3)cc12. The Morgan fingerprint density at radius 2 is 1.88 bits per heavy atom. The number of fused-ring (bicyclic) bond motifs is 2. The molecule has 3 atom stereocenters. The summed E-state index contributed by atoms with van der Waals surface area (Å²) in [5.41, 5.74) is 1.89. The third kappa shape index (κ3) is 5.09.